The number of rotatable bonds is 1. The number of fused-ring (bicyclic) bond motifs is 2. The van der Waals surface area contributed by atoms with Crippen LogP contribution in [0.2, 0.25) is 0 Å². The molecule has 0 spiro atoms. The minimum atomic E-state index is -0.607. The zero-order valence-electron chi connectivity index (χ0n) is 6.66. The van der Waals surface area contributed by atoms with Crippen molar-refractivity contribution in [3.63, 3.8) is 0 Å². The van der Waals surface area contributed by atoms with Crippen molar-refractivity contribution in [2.24, 2.45) is 11.8 Å². The van der Waals surface area contributed by atoms with Gasteiger partial charge in [0.2, 0.25) is 0 Å². The molecular weight excluding hydrogens is 142 g/mol. The lowest BCUT2D eigenvalue weighted by atomic mass is 9.88. The van der Waals surface area contributed by atoms with E-state index in [0.29, 0.717) is 5.92 Å². The number of piperidine rings is 1. The van der Waals surface area contributed by atoms with Crippen LogP contribution in [0.1, 0.15) is 13.3 Å². The average molecular weight is 155 g/mol. The molecule has 11 heavy (non-hydrogen) atoms. The zero-order valence-corrected chi connectivity index (χ0v) is 6.66. The predicted octanol–water partition coefficient (Wildman–Crippen LogP) is 0.411. The quantitative estimate of drug-likeness (QED) is 0.596. The van der Waals surface area contributed by atoms with Crippen molar-refractivity contribution in [3.8, 4) is 0 Å². The van der Waals surface area contributed by atoms with Crippen molar-refractivity contribution in [3.05, 3.63) is 0 Å². The van der Waals surface area contributed by atoms with Crippen LogP contribution in [0.4, 0.5) is 0 Å². The average Bonchev–Trinajstić information content (AvgIpc) is 2.44. The van der Waals surface area contributed by atoms with E-state index in [2.05, 4.69) is 4.90 Å². The normalized spacial score (nSPS) is 48.1. The van der Waals surface area contributed by atoms with Gasteiger partial charge in [-0.25, -0.2) is 0 Å². The zero-order chi connectivity index (χ0) is 8.01. The van der Waals surface area contributed by atoms with Crippen molar-refractivity contribution in [2.75, 3.05) is 13.1 Å². The molecule has 2 heterocycles. The first kappa shape index (κ1) is 7.10. The number of hydrogen-bond acceptors (Lipinski definition) is 2. The van der Waals surface area contributed by atoms with Gasteiger partial charge in [0.15, 0.2) is 0 Å². The van der Waals surface area contributed by atoms with E-state index >= 15 is 0 Å². The van der Waals surface area contributed by atoms with Crippen LogP contribution < -0.4 is 0 Å². The summed E-state index contributed by atoms with van der Waals surface area (Å²) in [5.41, 5.74) is 0. The highest BCUT2D eigenvalue weighted by Crippen LogP contribution is 2.37. The standard InChI is InChI=1S/C8H13NO2/c1-5-7(8(10)11)6-2-3-9(5)4-6/h5-7H,2-4H2,1H3,(H,10,11)/t5?,6-,7-/m0/s1. The first-order valence-corrected chi connectivity index (χ1v) is 4.17. The summed E-state index contributed by atoms with van der Waals surface area (Å²) in [6, 6.07) is 0.270. The smallest absolute Gasteiger partial charge is 0.308 e. The minimum absolute atomic E-state index is 0.0938. The van der Waals surface area contributed by atoms with Crippen molar-refractivity contribution in [1.82, 2.24) is 4.90 Å². The molecule has 0 radical (unpaired) electrons. The van der Waals surface area contributed by atoms with Crippen LogP contribution in [0, 0.1) is 11.8 Å². The fourth-order valence-electron chi connectivity index (χ4n) is 2.51. The summed E-state index contributed by atoms with van der Waals surface area (Å²) in [5.74, 6) is -0.268. The fourth-order valence-corrected chi connectivity index (χ4v) is 2.51. The Kier molecular flexibility index (Phi) is 1.42. The Bertz CT molecular complexity index is 191. The van der Waals surface area contributed by atoms with E-state index in [1.807, 2.05) is 6.92 Å². The van der Waals surface area contributed by atoms with Gasteiger partial charge >= 0.3 is 5.97 Å². The molecule has 2 aliphatic heterocycles. The predicted molar refractivity (Wildman–Crippen MR) is 40.3 cm³/mol. The number of hydrogen-bond donors (Lipinski definition) is 1. The highest BCUT2D eigenvalue weighted by Gasteiger charge is 2.47. The van der Waals surface area contributed by atoms with E-state index in [0.717, 1.165) is 19.5 Å². The molecule has 3 nitrogen and oxygen atoms in total. The molecule has 0 aliphatic carbocycles. The second-order valence-corrected chi connectivity index (χ2v) is 3.65. The third kappa shape index (κ3) is 0.872. The Balaban J connectivity index is 2.17. The number of aliphatic carboxylic acids is 1. The van der Waals surface area contributed by atoms with Gasteiger partial charge in [-0.3, -0.25) is 9.69 Å². The second-order valence-electron chi connectivity index (χ2n) is 3.65. The molecule has 0 amide bonds. The molecule has 62 valence electrons. The number of carbonyl (C=O) groups is 1. The van der Waals surface area contributed by atoms with Gasteiger partial charge < -0.3 is 5.11 Å². The van der Waals surface area contributed by atoms with Crippen LogP contribution in [0.3, 0.4) is 0 Å². The largest absolute Gasteiger partial charge is 0.481 e. The first-order chi connectivity index (χ1) is 5.20. The Morgan fingerprint density at radius 1 is 1.64 bits per heavy atom. The lowest BCUT2D eigenvalue weighted by Gasteiger charge is -2.25. The van der Waals surface area contributed by atoms with E-state index in [1.54, 1.807) is 0 Å². The molecule has 0 aromatic carbocycles. The van der Waals surface area contributed by atoms with Gasteiger partial charge in [-0.05, 0) is 25.8 Å². The molecule has 2 rings (SSSR count). The SMILES string of the molecule is CC1[C@H](C(=O)O)[C@H]2CCN1C2. The maximum Gasteiger partial charge on any atom is 0.308 e. The molecule has 0 saturated carbocycles. The Morgan fingerprint density at radius 2 is 2.36 bits per heavy atom. The molecule has 3 heteroatoms. The number of carboxylic acid groups (broad SMARTS) is 1. The third-order valence-electron chi connectivity index (χ3n) is 3.14. The minimum Gasteiger partial charge on any atom is -0.481 e. The molecule has 4 atom stereocenters. The third-order valence-corrected chi connectivity index (χ3v) is 3.14. The summed E-state index contributed by atoms with van der Waals surface area (Å²) in [6.07, 6.45) is 1.08. The van der Waals surface area contributed by atoms with Gasteiger partial charge in [0.1, 0.15) is 0 Å². The van der Waals surface area contributed by atoms with Crippen LogP contribution in [0.15, 0.2) is 0 Å². The monoisotopic (exact) mass is 155 g/mol. The van der Waals surface area contributed by atoms with E-state index in [-0.39, 0.29) is 12.0 Å². The highest BCUT2D eigenvalue weighted by molar-refractivity contribution is 5.72. The second kappa shape index (κ2) is 2.21. The topological polar surface area (TPSA) is 40.5 Å². The van der Waals surface area contributed by atoms with Crippen LogP contribution in [-0.2, 0) is 4.79 Å². The molecular formula is C8H13NO2. The molecule has 2 fully saturated rings. The summed E-state index contributed by atoms with van der Waals surface area (Å²) in [7, 11) is 0. The van der Waals surface area contributed by atoms with Gasteiger partial charge in [0.25, 0.3) is 0 Å². The molecule has 2 unspecified atom stereocenters. The molecule has 0 aromatic heterocycles. The first-order valence-electron chi connectivity index (χ1n) is 4.17. The van der Waals surface area contributed by atoms with Gasteiger partial charge in [0, 0.05) is 12.6 Å². The van der Waals surface area contributed by atoms with Crippen molar-refractivity contribution in [1.29, 1.82) is 0 Å². The number of nitrogens with zero attached hydrogens (tertiary/aromatic N) is 1. The highest BCUT2D eigenvalue weighted by atomic mass is 16.4. The van der Waals surface area contributed by atoms with E-state index < -0.39 is 5.97 Å². The summed E-state index contributed by atoms with van der Waals surface area (Å²) in [5, 5.41) is 8.88. The Labute approximate surface area is 66.0 Å². The van der Waals surface area contributed by atoms with Crippen molar-refractivity contribution >= 4 is 5.97 Å². The lowest BCUT2D eigenvalue weighted by molar-refractivity contribution is -0.144. The van der Waals surface area contributed by atoms with Gasteiger partial charge in [-0.15, -0.1) is 0 Å². The molecule has 0 aromatic rings. The van der Waals surface area contributed by atoms with E-state index in [1.165, 1.54) is 0 Å². The van der Waals surface area contributed by atoms with Gasteiger partial charge in [-0.1, -0.05) is 0 Å². The van der Waals surface area contributed by atoms with Crippen LogP contribution >= 0.6 is 0 Å². The van der Waals surface area contributed by atoms with Crippen molar-refractivity contribution < 1.29 is 9.90 Å². The Morgan fingerprint density at radius 3 is 2.73 bits per heavy atom. The molecule has 1 N–H and O–H groups in total. The summed E-state index contributed by atoms with van der Waals surface area (Å²) in [6.45, 7) is 4.14. The summed E-state index contributed by atoms with van der Waals surface area (Å²) < 4.78 is 0. The maximum absolute atomic E-state index is 10.8. The lowest BCUT2D eigenvalue weighted by Crippen LogP contribution is -2.37. The van der Waals surface area contributed by atoms with Crippen LogP contribution in [-0.4, -0.2) is 35.1 Å². The molecule has 2 saturated heterocycles. The molecule has 2 aliphatic rings. The van der Waals surface area contributed by atoms with Gasteiger partial charge in [0.05, 0.1) is 5.92 Å². The summed E-state index contributed by atoms with van der Waals surface area (Å²) >= 11 is 0. The van der Waals surface area contributed by atoms with E-state index in [4.69, 9.17) is 5.11 Å². The fraction of sp³-hybridized carbons (Fsp3) is 0.875. The molecule has 2 bridgehead atoms. The summed E-state index contributed by atoms with van der Waals surface area (Å²) in [4.78, 5) is 13.1. The van der Waals surface area contributed by atoms with Crippen LogP contribution in [0.5, 0.6) is 0 Å². The van der Waals surface area contributed by atoms with E-state index in [9.17, 15) is 4.79 Å². The number of carboxylic acids is 1. The van der Waals surface area contributed by atoms with Crippen molar-refractivity contribution in [2.45, 2.75) is 19.4 Å². The maximum atomic E-state index is 10.8. The Hall–Kier alpha value is -0.570. The van der Waals surface area contributed by atoms with Crippen LogP contribution in [0.25, 0.3) is 0 Å². The van der Waals surface area contributed by atoms with Gasteiger partial charge in [-0.2, -0.15) is 0 Å².